The molecule has 28 heavy (non-hydrogen) atoms. The van der Waals surface area contributed by atoms with Gasteiger partial charge in [-0.1, -0.05) is 30.3 Å². The quantitative estimate of drug-likeness (QED) is 0.792. The number of aromatic nitrogens is 2. The molecule has 0 amide bonds. The third kappa shape index (κ3) is 4.98. The molecular formula is C22H30FN5. The van der Waals surface area contributed by atoms with Crippen LogP contribution < -0.4 is 10.2 Å². The van der Waals surface area contributed by atoms with Crippen molar-refractivity contribution in [1.82, 2.24) is 14.9 Å². The van der Waals surface area contributed by atoms with Gasteiger partial charge in [0.15, 0.2) is 11.6 Å². The Morgan fingerprint density at radius 2 is 1.89 bits per heavy atom. The first-order valence-electron chi connectivity index (χ1n) is 10.6. The SMILES string of the molecule is Fc1cnc(NCC2CCCN(CCc3ccccc3)C2)nc1N1CCCC1. The lowest BCUT2D eigenvalue weighted by molar-refractivity contribution is 0.182. The highest BCUT2D eigenvalue weighted by atomic mass is 19.1. The number of hydrogen-bond acceptors (Lipinski definition) is 5. The maximum Gasteiger partial charge on any atom is 0.224 e. The number of halogens is 1. The molecule has 1 unspecified atom stereocenters. The van der Waals surface area contributed by atoms with Crippen molar-refractivity contribution in [3.05, 3.63) is 47.9 Å². The molecule has 0 saturated carbocycles. The molecule has 5 nitrogen and oxygen atoms in total. The van der Waals surface area contributed by atoms with E-state index in [4.69, 9.17) is 0 Å². The van der Waals surface area contributed by atoms with E-state index < -0.39 is 0 Å². The van der Waals surface area contributed by atoms with Gasteiger partial charge >= 0.3 is 0 Å². The van der Waals surface area contributed by atoms with E-state index in [2.05, 4.69) is 50.5 Å². The van der Waals surface area contributed by atoms with Crippen molar-refractivity contribution in [3.63, 3.8) is 0 Å². The van der Waals surface area contributed by atoms with Gasteiger partial charge in [0.2, 0.25) is 5.95 Å². The number of hydrogen-bond donors (Lipinski definition) is 1. The fraction of sp³-hybridized carbons (Fsp3) is 0.545. The summed E-state index contributed by atoms with van der Waals surface area (Å²) in [6.07, 6.45) is 7.05. The van der Waals surface area contributed by atoms with Crippen LogP contribution in [-0.4, -0.2) is 54.1 Å². The van der Waals surface area contributed by atoms with Crippen molar-refractivity contribution in [2.45, 2.75) is 32.1 Å². The summed E-state index contributed by atoms with van der Waals surface area (Å²) in [7, 11) is 0. The first-order chi connectivity index (χ1) is 13.8. The molecule has 3 heterocycles. The van der Waals surface area contributed by atoms with Gasteiger partial charge in [0, 0.05) is 32.7 Å². The zero-order chi connectivity index (χ0) is 19.2. The molecular weight excluding hydrogens is 353 g/mol. The van der Waals surface area contributed by atoms with Crippen molar-refractivity contribution in [1.29, 1.82) is 0 Å². The van der Waals surface area contributed by atoms with E-state index in [1.807, 2.05) is 4.90 Å². The number of nitrogens with one attached hydrogen (secondary N) is 1. The van der Waals surface area contributed by atoms with Crippen molar-refractivity contribution < 1.29 is 4.39 Å². The topological polar surface area (TPSA) is 44.3 Å². The molecule has 2 fully saturated rings. The van der Waals surface area contributed by atoms with Crippen LogP contribution in [-0.2, 0) is 6.42 Å². The minimum absolute atomic E-state index is 0.322. The van der Waals surface area contributed by atoms with Gasteiger partial charge in [-0.15, -0.1) is 0 Å². The number of likely N-dealkylation sites (tertiary alicyclic amines) is 1. The summed E-state index contributed by atoms with van der Waals surface area (Å²) < 4.78 is 14.1. The molecule has 6 heteroatoms. The second-order valence-corrected chi connectivity index (χ2v) is 7.98. The smallest absolute Gasteiger partial charge is 0.224 e. The minimum Gasteiger partial charge on any atom is -0.354 e. The third-order valence-electron chi connectivity index (χ3n) is 5.84. The summed E-state index contributed by atoms with van der Waals surface area (Å²) in [5.74, 6) is 1.25. The molecule has 2 saturated heterocycles. The molecule has 2 aliphatic rings. The molecule has 0 radical (unpaired) electrons. The minimum atomic E-state index is -0.322. The van der Waals surface area contributed by atoms with Gasteiger partial charge in [-0.2, -0.15) is 4.98 Å². The highest BCUT2D eigenvalue weighted by Gasteiger charge is 2.21. The zero-order valence-electron chi connectivity index (χ0n) is 16.5. The number of anilines is 2. The molecule has 0 spiro atoms. The summed E-state index contributed by atoms with van der Waals surface area (Å²) in [6.45, 7) is 5.98. The molecule has 1 aromatic heterocycles. The highest BCUT2D eigenvalue weighted by molar-refractivity contribution is 5.44. The average molecular weight is 384 g/mol. The lowest BCUT2D eigenvalue weighted by Gasteiger charge is -2.32. The Morgan fingerprint density at radius 1 is 1.07 bits per heavy atom. The Morgan fingerprint density at radius 3 is 2.71 bits per heavy atom. The predicted octanol–water partition coefficient (Wildman–Crippen LogP) is 3.58. The summed E-state index contributed by atoms with van der Waals surface area (Å²) in [4.78, 5) is 13.2. The first kappa shape index (κ1) is 19.1. The largest absolute Gasteiger partial charge is 0.354 e. The van der Waals surface area contributed by atoms with E-state index in [9.17, 15) is 4.39 Å². The summed E-state index contributed by atoms with van der Waals surface area (Å²) in [5, 5.41) is 3.36. The van der Waals surface area contributed by atoms with Crippen molar-refractivity contribution in [3.8, 4) is 0 Å². The summed E-state index contributed by atoms with van der Waals surface area (Å²) in [5.41, 5.74) is 1.40. The zero-order valence-corrected chi connectivity index (χ0v) is 16.5. The molecule has 0 bridgehead atoms. The standard InChI is InChI=1S/C22H30FN5/c23-20-16-25-22(26-21(20)28-12-4-5-13-28)24-15-19-9-6-11-27(17-19)14-10-18-7-2-1-3-8-18/h1-3,7-8,16,19H,4-6,9-15,17H2,(H,24,25,26). The fourth-order valence-electron chi connectivity index (χ4n) is 4.28. The average Bonchev–Trinajstić information content (AvgIpc) is 3.27. The Kier molecular flexibility index (Phi) is 6.37. The first-order valence-corrected chi connectivity index (χ1v) is 10.6. The van der Waals surface area contributed by atoms with Crippen LogP contribution in [0.4, 0.5) is 16.2 Å². The van der Waals surface area contributed by atoms with Crippen LogP contribution in [0.2, 0.25) is 0 Å². The van der Waals surface area contributed by atoms with Crippen LogP contribution >= 0.6 is 0 Å². The number of piperidine rings is 1. The van der Waals surface area contributed by atoms with Crippen LogP contribution in [0.1, 0.15) is 31.2 Å². The highest BCUT2D eigenvalue weighted by Crippen LogP contribution is 2.22. The van der Waals surface area contributed by atoms with Gasteiger partial charge in [-0.25, -0.2) is 9.37 Å². The lowest BCUT2D eigenvalue weighted by atomic mass is 9.97. The van der Waals surface area contributed by atoms with E-state index in [0.717, 1.165) is 52.0 Å². The van der Waals surface area contributed by atoms with Crippen molar-refractivity contribution >= 4 is 11.8 Å². The van der Waals surface area contributed by atoms with Gasteiger partial charge in [0.05, 0.1) is 6.20 Å². The van der Waals surface area contributed by atoms with Crippen LogP contribution in [0.25, 0.3) is 0 Å². The van der Waals surface area contributed by atoms with Crippen LogP contribution in [0.15, 0.2) is 36.5 Å². The normalized spacial score (nSPS) is 20.5. The number of nitrogens with zero attached hydrogens (tertiary/aromatic N) is 4. The van der Waals surface area contributed by atoms with Crippen LogP contribution in [0.5, 0.6) is 0 Å². The van der Waals surface area contributed by atoms with E-state index >= 15 is 0 Å². The fourth-order valence-corrected chi connectivity index (χ4v) is 4.28. The van der Waals surface area contributed by atoms with Gasteiger partial charge in [0.1, 0.15) is 0 Å². The predicted molar refractivity (Wildman–Crippen MR) is 111 cm³/mol. The van der Waals surface area contributed by atoms with E-state index in [-0.39, 0.29) is 5.82 Å². The van der Waals surface area contributed by atoms with Gasteiger partial charge in [-0.05, 0) is 50.1 Å². The number of benzene rings is 1. The van der Waals surface area contributed by atoms with Crippen LogP contribution in [0.3, 0.4) is 0 Å². The molecule has 2 aliphatic heterocycles. The molecule has 0 aliphatic carbocycles. The second kappa shape index (κ2) is 9.32. The second-order valence-electron chi connectivity index (χ2n) is 7.98. The van der Waals surface area contributed by atoms with Gasteiger partial charge < -0.3 is 15.1 Å². The lowest BCUT2D eigenvalue weighted by Crippen LogP contribution is -2.39. The van der Waals surface area contributed by atoms with Crippen molar-refractivity contribution in [2.75, 3.05) is 49.5 Å². The Labute approximate surface area is 167 Å². The summed E-state index contributed by atoms with van der Waals surface area (Å²) >= 11 is 0. The Balaban J connectivity index is 1.28. The van der Waals surface area contributed by atoms with Gasteiger partial charge in [0.25, 0.3) is 0 Å². The maximum absolute atomic E-state index is 14.1. The maximum atomic E-state index is 14.1. The molecule has 4 rings (SSSR count). The van der Waals surface area contributed by atoms with E-state index in [1.54, 1.807) is 0 Å². The van der Waals surface area contributed by atoms with Crippen molar-refractivity contribution in [2.24, 2.45) is 5.92 Å². The molecule has 1 N–H and O–H groups in total. The van der Waals surface area contributed by atoms with E-state index in [1.165, 1.54) is 31.1 Å². The molecule has 150 valence electrons. The van der Waals surface area contributed by atoms with E-state index in [0.29, 0.717) is 17.7 Å². The third-order valence-corrected chi connectivity index (χ3v) is 5.84. The molecule has 1 atom stereocenters. The molecule has 2 aromatic rings. The van der Waals surface area contributed by atoms with Gasteiger partial charge in [-0.3, -0.25) is 0 Å². The van der Waals surface area contributed by atoms with Crippen LogP contribution in [0, 0.1) is 11.7 Å². The Hall–Kier alpha value is -2.21. The Bertz CT molecular complexity index is 748. The molecule has 1 aromatic carbocycles. The summed E-state index contributed by atoms with van der Waals surface area (Å²) in [6, 6.07) is 10.7. The monoisotopic (exact) mass is 383 g/mol. The number of rotatable bonds is 7.